The van der Waals surface area contributed by atoms with E-state index in [0.717, 1.165) is 33.4 Å². The van der Waals surface area contributed by atoms with Crippen molar-refractivity contribution in [3.63, 3.8) is 0 Å². The molecule has 8 rings (SSSR count). The highest BCUT2D eigenvalue weighted by atomic mass is 16.5. The summed E-state index contributed by atoms with van der Waals surface area (Å²) in [5, 5.41) is 27.8. The Morgan fingerprint density at radius 1 is 0.290 bits per heavy atom. The summed E-state index contributed by atoms with van der Waals surface area (Å²) in [7, 11) is 0. The first-order valence-electron chi connectivity index (χ1n) is 19.2. The monoisotopic (exact) mass is 797 g/mol. The van der Waals surface area contributed by atoms with Gasteiger partial charge in [0.25, 0.3) is 0 Å². The Bertz CT molecular complexity index is 2900. The van der Waals surface area contributed by atoms with Crippen molar-refractivity contribution in [3.8, 4) is 111 Å². The summed E-state index contributed by atoms with van der Waals surface area (Å²) in [5.41, 5.74) is 7.31. The third kappa shape index (κ3) is 9.63. The second kappa shape index (κ2) is 18.4. The molecule has 0 aromatic heterocycles. The molecule has 7 heteroatoms. The Morgan fingerprint density at radius 3 is 0.855 bits per heavy atom. The molecule has 0 unspecified atom stereocenters. The topological polar surface area (TPSA) is 108 Å². The summed E-state index contributed by atoms with van der Waals surface area (Å²) in [4.78, 5) is 0. The molecule has 0 spiro atoms. The summed E-state index contributed by atoms with van der Waals surface area (Å²) in [6.45, 7) is 0. The first-order chi connectivity index (χ1) is 30.4. The van der Waals surface area contributed by atoms with Gasteiger partial charge in [0, 0.05) is 16.7 Å². The molecule has 0 saturated carbocycles. The highest BCUT2D eigenvalue weighted by Gasteiger charge is 2.08. The first-order valence-corrected chi connectivity index (χ1v) is 19.2. The van der Waals surface area contributed by atoms with Crippen LogP contribution in [0.15, 0.2) is 182 Å². The minimum absolute atomic E-state index is 0.274. The largest absolute Gasteiger partial charge is 0.457 e. The average molecular weight is 798 g/mol. The van der Waals surface area contributed by atoms with Crippen LogP contribution in [0, 0.1) is 58.2 Å². The molecule has 0 bridgehead atoms. The zero-order valence-corrected chi connectivity index (χ0v) is 32.9. The smallest absolute Gasteiger partial charge is 0.128 e. The van der Waals surface area contributed by atoms with Crippen LogP contribution in [0.3, 0.4) is 0 Å². The summed E-state index contributed by atoms with van der Waals surface area (Å²) in [6.07, 6.45) is 5.46. The van der Waals surface area contributed by atoms with E-state index < -0.39 is 0 Å². The van der Waals surface area contributed by atoms with Crippen molar-refractivity contribution in [1.82, 2.24) is 0 Å². The standard InChI is InChI=1S/C55H31N3O4/c1-2-40-9-31-54(33-46(40)36-57)61-52-27-14-43(15-28-52)41-10-23-50(24-11-41)59-48-19-5-38(6-20-48)3-4-39-7-21-49(22-8-39)60-51-25-12-42(13-26-51)44-16-29-53(30-17-44)62-55-32-18-45(35-56)47(34-55)37-58/h1,5-34H. The summed E-state index contributed by atoms with van der Waals surface area (Å²) >= 11 is 0. The number of terminal acetylenes is 1. The van der Waals surface area contributed by atoms with E-state index in [9.17, 15) is 10.5 Å². The van der Waals surface area contributed by atoms with Crippen LogP contribution in [-0.2, 0) is 0 Å². The number of rotatable bonds is 10. The molecule has 0 aliphatic heterocycles. The van der Waals surface area contributed by atoms with E-state index in [1.54, 1.807) is 36.4 Å². The van der Waals surface area contributed by atoms with E-state index in [2.05, 4.69) is 23.8 Å². The lowest BCUT2D eigenvalue weighted by molar-refractivity contribution is 0.482. The lowest BCUT2D eigenvalue weighted by Gasteiger charge is -2.09. The molecule has 0 radical (unpaired) electrons. The second-order valence-corrected chi connectivity index (χ2v) is 13.7. The molecule has 7 nitrogen and oxygen atoms in total. The summed E-state index contributed by atoms with van der Waals surface area (Å²) < 4.78 is 24.0. The predicted molar refractivity (Wildman–Crippen MR) is 238 cm³/mol. The number of nitrogens with zero attached hydrogens (tertiary/aromatic N) is 3. The van der Waals surface area contributed by atoms with Gasteiger partial charge in [0.05, 0.1) is 16.7 Å². The zero-order valence-electron chi connectivity index (χ0n) is 32.9. The number of ether oxygens (including phenoxy) is 4. The Hall–Kier alpha value is -9.45. The van der Waals surface area contributed by atoms with Crippen molar-refractivity contribution in [1.29, 1.82) is 15.8 Å². The fourth-order valence-corrected chi connectivity index (χ4v) is 6.35. The van der Waals surface area contributed by atoms with Crippen molar-refractivity contribution in [2.45, 2.75) is 0 Å². The van der Waals surface area contributed by atoms with Gasteiger partial charge in [-0.15, -0.1) is 6.42 Å². The number of hydrogen-bond acceptors (Lipinski definition) is 7. The highest BCUT2D eigenvalue weighted by Crippen LogP contribution is 2.32. The van der Waals surface area contributed by atoms with Crippen LogP contribution in [0.1, 0.15) is 33.4 Å². The van der Waals surface area contributed by atoms with Crippen molar-refractivity contribution < 1.29 is 18.9 Å². The fraction of sp³-hybridized carbons (Fsp3) is 0. The minimum Gasteiger partial charge on any atom is -0.457 e. The van der Waals surface area contributed by atoms with Gasteiger partial charge in [0.1, 0.15) is 64.2 Å². The van der Waals surface area contributed by atoms with Crippen LogP contribution in [-0.4, -0.2) is 0 Å². The maximum absolute atomic E-state index is 9.34. The third-order valence-corrected chi connectivity index (χ3v) is 9.59. The van der Waals surface area contributed by atoms with Crippen LogP contribution in [0.25, 0.3) is 22.3 Å². The predicted octanol–water partition coefficient (Wildman–Crippen LogP) is 13.2. The molecule has 0 heterocycles. The van der Waals surface area contributed by atoms with E-state index >= 15 is 0 Å². The Kier molecular flexibility index (Phi) is 11.7. The van der Waals surface area contributed by atoms with E-state index in [-0.39, 0.29) is 5.56 Å². The number of hydrogen-bond donors (Lipinski definition) is 0. The Balaban J connectivity index is 0.809. The molecule has 0 fully saturated rings. The van der Waals surface area contributed by atoms with Gasteiger partial charge < -0.3 is 18.9 Å². The van der Waals surface area contributed by atoms with Gasteiger partial charge in [-0.25, -0.2) is 0 Å². The molecule has 0 aliphatic carbocycles. The van der Waals surface area contributed by atoms with Crippen LogP contribution >= 0.6 is 0 Å². The maximum Gasteiger partial charge on any atom is 0.128 e. The highest BCUT2D eigenvalue weighted by molar-refractivity contribution is 5.66. The van der Waals surface area contributed by atoms with Crippen LogP contribution in [0.5, 0.6) is 46.0 Å². The van der Waals surface area contributed by atoms with Gasteiger partial charge in [0.15, 0.2) is 0 Å². The van der Waals surface area contributed by atoms with Crippen LogP contribution < -0.4 is 18.9 Å². The Morgan fingerprint density at radius 2 is 0.548 bits per heavy atom. The molecule has 8 aromatic carbocycles. The quantitative estimate of drug-likeness (QED) is 0.127. The zero-order chi connectivity index (χ0) is 42.7. The molecule has 0 atom stereocenters. The lowest BCUT2D eigenvalue weighted by Crippen LogP contribution is -1.89. The molecular formula is C55H31N3O4. The average Bonchev–Trinajstić information content (AvgIpc) is 3.32. The lowest BCUT2D eigenvalue weighted by atomic mass is 10.1. The molecule has 8 aromatic rings. The van der Waals surface area contributed by atoms with Crippen molar-refractivity contribution in [2.75, 3.05) is 0 Å². The van der Waals surface area contributed by atoms with E-state index in [1.807, 2.05) is 158 Å². The first kappa shape index (κ1) is 39.4. The van der Waals surface area contributed by atoms with Gasteiger partial charge in [-0.3, -0.25) is 0 Å². The van der Waals surface area contributed by atoms with E-state index in [4.69, 9.17) is 30.6 Å². The Labute approximate surface area is 359 Å². The van der Waals surface area contributed by atoms with E-state index in [1.165, 1.54) is 0 Å². The molecule has 0 N–H and O–H groups in total. The van der Waals surface area contributed by atoms with Crippen LogP contribution in [0.2, 0.25) is 0 Å². The van der Waals surface area contributed by atoms with E-state index in [0.29, 0.717) is 62.7 Å². The number of benzene rings is 8. The van der Waals surface area contributed by atoms with Gasteiger partial charge >= 0.3 is 0 Å². The molecular weight excluding hydrogens is 767 g/mol. The fourth-order valence-electron chi connectivity index (χ4n) is 6.35. The van der Waals surface area contributed by atoms with Crippen molar-refractivity contribution in [3.05, 3.63) is 215 Å². The summed E-state index contributed by atoms with van der Waals surface area (Å²) in [6, 6.07) is 62.4. The molecule has 0 amide bonds. The normalized spacial score (nSPS) is 10.1. The van der Waals surface area contributed by atoms with Crippen molar-refractivity contribution in [2.24, 2.45) is 0 Å². The van der Waals surface area contributed by atoms with Gasteiger partial charge in [-0.05, 0) is 156 Å². The molecule has 62 heavy (non-hydrogen) atoms. The maximum atomic E-state index is 9.34. The van der Waals surface area contributed by atoms with Gasteiger partial charge in [0.2, 0.25) is 0 Å². The molecule has 0 aliphatic rings. The van der Waals surface area contributed by atoms with Crippen molar-refractivity contribution >= 4 is 0 Å². The summed E-state index contributed by atoms with van der Waals surface area (Å²) in [5.74, 6) is 14.1. The second-order valence-electron chi connectivity index (χ2n) is 13.7. The minimum atomic E-state index is 0.274. The number of nitriles is 3. The third-order valence-electron chi connectivity index (χ3n) is 9.59. The van der Waals surface area contributed by atoms with Crippen LogP contribution in [0.4, 0.5) is 0 Å². The SMILES string of the molecule is C#Cc1ccc(Oc2ccc(-c3ccc(Oc4ccc(C#Cc5ccc(Oc6ccc(-c7ccc(Oc8ccc(C#N)c(C#N)c8)cc7)cc6)cc5)cc4)cc3)cc2)cc1C#N. The molecule has 290 valence electrons. The molecule has 0 saturated heterocycles. The van der Waals surface area contributed by atoms with Gasteiger partial charge in [-0.2, -0.15) is 15.8 Å². The van der Waals surface area contributed by atoms with Gasteiger partial charge in [-0.1, -0.05) is 66.3 Å².